The van der Waals surface area contributed by atoms with E-state index in [1.54, 1.807) is 6.20 Å². The van der Waals surface area contributed by atoms with Crippen molar-refractivity contribution in [2.24, 2.45) is 4.99 Å². The van der Waals surface area contributed by atoms with Gasteiger partial charge in [0, 0.05) is 35.4 Å². The van der Waals surface area contributed by atoms with Crippen molar-refractivity contribution in [1.82, 2.24) is 4.98 Å². The number of aromatic amines is 1. The number of aromatic nitrogens is 2. The first-order chi connectivity index (χ1) is 14.7. The van der Waals surface area contributed by atoms with Gasteiger partial charge in [0.1, 0.15) is 5.78 Å². The topological polar surface area (TPSA) is 102 Å². The predicted octanol–water partition coefficient (Wildman–Crippen LogP) is 3.98. The first kappa shape index (κ1) is 25.1. The molecule has 8 heteroatoms. The Morgan fingerprint density at radius 2 is 1.94 bits per heavy atom. The molecule has 0 spiro atoms. The Labute approximate surface area is 189 Å². The second-order valence-corrected chi connectivity index (χ2v) is 10.7. The highest BCUT2D eigenvalue weighted by atomic mass is 32.2. The third-order valence-electron chi connectivity index (χ3n) is 5.36. The third kappa shape index (κ3) is 5.97. The molecule has 0 saturated carbocycles. The van der Waals surface area contributed by atoms with Gasteiger partial charge < -0.3 is 4.98 Å². The Hall–Kier alpha value is -3.13. The summed E-state index contributed by atoms with van der Waals surface area (Å²) < 4.78 is 23.6. The maximum Gasteiger partial charge on any atom is 0.285 e. The fraction of sp³-hybridized carbons (Fsp3) is 0.333. The number of Topliss-reactive ketones (excluding diaryl/α,β-unsaturated/α-hetero) is 1. The molecule has 0 amide bonds. The Balaban J connectivity index is 2.22. The van der Waals surface area contributed by atoms with Crippen LogP contribution in [0.4, 0.5) is 0 Å². The number of benzene rings is 1. The Bertz CT molecular complexity index is 1280. The molecule has 1 N–H and O–H groups in total. The SMILES string of the molecule is C=C(C=N/C=C(\C)S(C)(=O)=O)CC(=O)C(C)(C)c1ccc(-c2c[nH]c(C)c[n+]2=O)cc1C. The summed E-state index contributed by atoms with van der Waals surface area (Å²) in [7, 11) is -3.29. The fourth-order valence-electron chi connectivity index (χ4n) is 3.23. The third-order valence-corrected chi connectivity index (χ3v) is 6.64. The number of carbonyl (C=O) groups excluding carboxylic acids is 1. The van der Waals surface area contributed by atoms with Crippen LogP contribution in [0.15, 0.2) is 58.8 Å². The van der Waals surface area contributed by atoms with Crippen molar-refractivity contribution in [3.63, 3.8) is 0 Å². The molecule has 0 saturated heterocycles. The number of ketones is 1. The van der Waals surface area contributed by atoms with E-state index in [-0.39, 0.29) is 17.1 Å². The van der Waals surface area contributed by atoms with Gasteiger partial charge in [0.25, 0.3) is 5.69 Å². The smallest absolute Gasteiger partial charge is 0.285 e. The van der Waals surface area contributed by atoms with E-state index in [9.17, 15) is 18.1 Å². The number of nitrogens with one attached hydrogen (secondary N) is 1. The van der Waals surface area contributed by atoms with E-state index in [0.29, 0.717) is 11.3 Å². The first-order valence-corrected chi connectivity index (χ1v) is 12.0. The Morgan fingerprint density at radius 3 is 2.50 bits per heavy atom. The average molecular weight is 457 g/mol. The van der Waals surface area contributed by atoms with Crippen LogP contribution < -0.4 is 4.43 Å². The summed E-state index contributed by atoms with van der Waals surface area (Å²) in [4.78, 5) is 32.4. The molecule has 2 aromatic rings. The lowest BCUT2D eigenvalue weighted by atomic mass is 9.76. The summed E-state index contributed by atoms with van der Waals surface area (Å²) in [5, 5.41) is 0. The van der Waals surface area contributed by atoms with E-state index >= 15 is 0 Å². The second kappa shape index (κ2) is 9.56. The van der Waals surface area contributed by atoms with E-state index in [0.717, 1.165) is 33.1 Å². The summed E-state index contributed by atoms with van der Waals surface area (Å²) in [6.45, 7) is 12.7. The van der Waals surface area contributed by atoms with Gasteiger partial charge in [0.2, 0.25) is 6.20 Å². The number of aryl methyl sites for hydroxylation is 2. The zero-order chi connectivity index (χ0) is 24.3. The Morgan fingerprint density at radius 1 is 1.28 bits per heavy atom. The van der Waals surface area contributed by atoms with Crippen LogP contribution in [-0.2, 0) is 20.0 Å². The highest BCUT2D eigenvalue weighted by Gasteiger charge is 2.31. The van der Waals surface area contributed by atoms with Crippen LogP contribution in [0.5, 0.6) is 0 Å². The fourth-order valence-corrected chi connectivity index (χ4v) is 3.48. The molecule has 1 aromatic carbocycles. The minimum absolute atomic E-state index is 0.0452. The van der Waals surface area contributed by atoms with Crippen molar-refractivity contribution >= 4 is 21.8 Å². The van der Waals surface area contributed by atoms with Crippen molar-refractivity contribution in [3.05, 3.63) is 75.6 Å². The molecular formula is C24H30N3O4S+. The standard InChI is InChI=1S/C24H30N3O4S/c1-16(12-25-13-19(4)32(7,30)31)10-23(28)24(5,6)21-9-8-20(11-17(21)2)22-14-26-18(3)15-27(22)29/h8-9,11-15H,1,10H2,2-7H3,(H,26,29)/q+1/b19-13+,25-12?. The van der Waals surface area contributed by atoms with Gasteiger partial charge in [-0.15, -0.1) is 0 Å². The molecule has 0 fully saturated rings. The number of hydrogen-bond donors (Lipinski definition) is 1. The number of carbonyl (C=O) groups is 1. The van der Waals surface area contributed by atoms with Crippen LogP contribution in [0.3, 0.4) is 0 Å². The van der Waals surface area contributed by atoms with E-state index in [1.807, 2.05) is 45.9 Å². The number of aliphatic imine (C=N–C) groups is 1. The van der Waals surface area contributed by atoms with Crippen molar-refractivity contribution < 1.29 is 17.6 Å². The number of H-pyrrole nitrogens is 1. The van der Waals surface area contributed by atoms with E-state index in [1.165, 1.54) is 25.5 Å². The van der Waals surface area contributed by atoms with Crippen molar-refractivity contribution in [2.75, 3.05) is 6.26 Å². The van der Waals surface area contributed by atoms with Gasteiger partial charge in [-0.2, -0.15) is 0 Å². The van der Waals surface area contributed by atoms with Gasteiger partial charge in [0.15, 0.2) is 9.84 Å². The molecular weight excluding hydrogens is 426 g/mol. The van der Waals surface area contributed by atoms with E-state index in [4.69, 9.17) is 0 Å². The lowest BCUT2D eigenvalue weighted by molar-refractivity contribution is -0.483. The summed E-state index contributed by atoms with van der Waals surface area (Å²) in [6.07, 6.45) is 6.97. The molecule has 32 heavy (non-hydrogen) atoms. The molecule has 1 heterocycles. The number of nitrogens with zero attached hydrogens (tertiary/aromatic N) is 2. The lowest BCUT2D eigenvalue weighted by Crippen LogP contribution is -2.30. The summed E-state index contributed by atoms with van der Waals surface area (Å²) in [5.74, 6) is -0.0452. The van der Waals surface area contributed by atoms with Crippen molar-refractivity contribution in [1.29, 1.82) is 0 Å². The minimum atomic E-state index is -3.29. The second-order valence-electron chi connectivity index (χ2n) is 8.51. The van der Waals surface area contributed by atoms with Crippen LogP contribution in [-0.4, -0.2) is 31.7 Å². The predicted molar refractivity (Wildman–Crippen MR) is 128 cm³/mol. The van der Waals surface area contributed by atoms with Crippen molar-refractivity contribution in [2.45, 2.75) is 46.5 Å². The van der Waals surface area contributed by atoms with Gasteiger partial charge in [-0.3, -0.25) is 9.79 Å². The highest BCUT2D eigenvalue weighted by Crippen LogP contribution is 2.31. The molecule has 0 aliphatic rings. The van der Waals surface area contributed by atoms with Crippen LogP contribution in [0.25, 0.3) is 11.3 Å². The largest absolute Gasteiger partial charge is 0.355 e. The zero-order valence-corrected chi connectivity index (χ0v) is 20.2. The van der Waals surface area contributed by atoms with Gasteiger partial charge in [-0.05, 0) is 63.5 Å². The number of allylic oxidation sites excluding steroid dienone is 2. The number of rotatable bonds is 8. The maximum absolute atomic E-state index is 13.0. The molecule has 7 nitrogen and oxygen atoms in total. The number of hydrogen-bond acceptors (Lipinski definition) is 5. The highest BCUT2D eigenvalue weighted by molar-refractivity contribution is 7.94. The molecule has 0 unspecified atom stereocenters. The average Bonchev–Trinajstić information content (AvgIpc) is 2.66. The van der Waals surface area contributed by atoms with Gasteiger partial charge in [-0.1, -0.05) is 12.6 Å². The summed E-state index contributed by atoms with van der Waals surface area (Å²) >= 11 is 0. The van der Waals surface area contributed by atoms with Crippen LogP contribution >= 0.6 is 0 Å². The summed E-state index contributed by atoms with van der Waals surface area (Å²) in [6, 6.07) is 5.60. The zero-order valence-electron chi connectivity index (χ0n) is 19.4. The lowest BCUT2D eigenvalue weighted by Gasteiger charge is -2.26. The molecule has 0 aliphatic heterocycles. The monoisotopic (exact) mass is 456 g/mol. The molecule has 0 atom stereocenters. The van der Waals surface area contributed by atoms with E-state index in [2.05, 4.69) is 16.6 Å². The molecule has 2 rings (SSSR count). The first-order valence-electron chi connectivity index (χ1n) is 10.1. The molecule has 0 radical (unpaired) electrons. The van der Waals surface area contributed by atoms with E-state index < -0.39 is 15.3 Å². The van der Waals surface area contributed by atoms with Crippen molar-refractivity contribution in [3.8, 4) is 11.3 Å². The number of sulfone groups is 1. The molecule has 0 aliphatic carbocycles. The quantitative estimate of drug-likeness (QED) is 0.479. The molecule has 170 valence electrons. The van der Waals surface area contributed by atoms with Gasteiger partial charge in [0.05, 0.1) is 26.8 Å². The molecule has 1 aromatic heterocycles. The minimum Gasteiger partial charge on any atom is -0.355 e. The summed E-state index contributed by atoms with van der Waals surface area (Å²) in [5.41, 5.74) is 3.46. The Kier molecular flexibility index (Phi) is 7.51. The maximum atomic E-state index is 13.0. The normalized spacial score (nSPS) is 12.9. The van der Waals surface area contributed by atoms with Gasteiger partial charge >= 0.3 is 0 Å². The van der Waals surface area contributed by atoms with Crippen LogP contribution in [0.1, 0.15) is 44.0 Å². The van der Waals surface area contributed by atoms with Crippen LogP contribution in [0.2, 0.25) is 0 Å². The van der Waals surface area contributed by atoms with Gasteiger partial charge in [-0.25, -0.2) is 8.42 Å². The van der Waals surface area contributed by atoms with Crippen LogP contribution in [0, 0.1) is 18.8 Å². The molecule has 0 bridgehead atoms.